The molecule has 22 heavy (non-hydrogen) atoms. The first-order valence-electron chi connectivity index (χ1n) is 7.42. The predicted octanol–water partition coefficient (Wildman–Crippen LogP) is 3.02. The molecule has 0 saturated carbocycles. The van der Waals surface area contributed by atoms with Crippen molar-refractivity contribution in [3.63, 3.8) is 0 Å². The molecule has 0 bridgehead atoms. The van der Waals surface area contributed by atoms with Crippen LogP contribution in [0.25, 0.3) is 11.5 Å². The summed E-state index contributed by atoms with van der Waals surface area (Å²) in [6, 6.07) is 8.64. The smallest absolute Gasteiger partial charge is 0.180 e. The first-order chi connectivity index (χ1) is 10.8. The molecule has 1 aliphatic carbocycles. The highest BCUT2D eigenvalue weighted by Gasteiger charge is 2.24. The van der Waals surface area contributed by atoms with Crippen molar-refractivity contribution in [3.05, 3.63) is 65.4 Å². The summed E-state index contributed by atoms with van der Waals surface area (Å²) in [6.45, 7) is 0.446. The van der Waals surface area contributed by atoms with Crippen LogP contribution in [0, 0.1) is 5.82 Å². The van der Waals surface area contributed by atoms with Crippen LogP contribution in [0.3, 0.4) is 0 Å². The second kappa shape index (κ2) is 5.33. The largest absolute Gasteiger partial charge is 0.264 e. The van der Waals surface area contributed by atoms with Gasteiger partial charge in [-0.05, 0) is 31.4 Å². The fourth-order valence-electron chi connectivity index (χ4n) is 3.03. The van der Waals surface area contributed by atoms with Gasteiger partial charge in [0.15, 0.2) is 5.82 Å². The standard InChI is InChI=1S/C17H15FN4/c18-14-7-2-1-5-12(14)11-22-15-8-3-6-13(15)16(21-22)17-19-9-4-10-20-17/h1-2,4-5,7,9-10H,3,6,8,11H2. The predicted molar refractivity (Wildman–Crippen MR) is 80.8 cm³/mol. The van der Waals surface area contributed by atoms with Crippen molar-refractivity contribution in [2.45, 2.75) is 25.8 Å². The van der Waals surface area contributed by atoms with Gasteiger partial charge in [-0.3, -0.25) is 4.68 Å². The average molecular weight is 294 g/mol. The molecule has 110 valence electrons. The molecule has 3 aromatic rings. The van der Waals surface area contributed by atoms with E-state index in [1.165, 1.54) is 17.3 Å². The Hall–Kier alpha value is -2.56. The minimum Gasteiger partial charge on any atom is -0.264 e. The van der Waals surface area contributed by atoms with E-state index in [1.54, 1.807) is 30.6 Å². The number of aromatic nitrogens is 4. The summed E-state index contributed by atoms with van der Waals surface area (Å²) in [5.41, 5.74) is 3.89. The number of fused-ring (bicyclic) bond motifs is 1. The Bertz CT molecular complexity index is 811. The molecule has 0 amide bonds. The van der Waals surface area contributed by atoms with Crippen molar-refractivity contribution in [1.29, 1.82) is 0 Å². The molecule has 0 spiro atoms. The fraction of sp³-hybridized carbons (Fsp3) is 0.235. The molecule has 0 fully saturated rings. The fourth-order valence-corrected chi connectivity index (χ4v) is 3.03. The van der Waals surface area contributed by atoms with E-state index in [0.717, 1.165) is 25.0 Å². The van der Waals surface area contributed by atoms with Crippen molar-refractivity contribution < 1.29 is 4.39 Å². The van der Waals surface area contributed by atoms with E-state index < -0.39 is 0 Å². The zero-order valence-electron chi connectivity index (χ0n) is 12.0. The van der Waals surface area contributed by atoms with E-state index in [1.807, 2.05) is 10.7 Å². The number of benzene rings is 1. The van der Waals surface area contributed by atoms with Gasteiger partial charge in [-0.25, -0.2) is 14.4 Å². The monoisotopic (exact) mass is 294 g/mol. The van der Waals surface area contributed by atoms with Crippen LogP contribution in [-0.2, 0) is 19.4 Å². The first-order valence-corrected chi connectivity index (χ1v) is 7.42. The van der Waals surface area contributed by atoms with Crippen LogP contribution in [0.2, 0.25) is 0 Å². The number of hydrogen-bond donors (Lipinski definition) is 0. The van der Waals surface area contributed by atoms with Crippen LogP contribution < -0.4 is 0 Å². The Balaban J connectivity index is 1.77. The minimum atomic E-state index is -0.192. The number of nitrogens with zero attached hydrogens (tertiary/aromatic N) is 4. The van der Waals surface area contributed by atoms with E-state index in [4.69, 9.17) is 0 Å². The van der Waals surface area contributed by atoms with Gasteiger partial charge < -0.3 is 0 Å². The molecule has 0 N–H and O–H groups in total. The molecule has 0 radical (unpaired) electrons. The van der Waals surface area contributed by atoms with Gasteiger partial charge in [0.25, 0.3) is 0 Å². The second-order valence-electron chi connectivity index (χ2n) is 5.45. The SMILES string of the molecule is Fc1ccccc1Cn1nc(-c2ncccn2)c2c1CCC2. The summed E-state index contributed by atoms with van der Waals surface area (Å²) in [6.07, 6.45) is 6.51. The molecule has 4 nitrogen and oxygen atoms in total. The summed E-state index contributed by atoms with van der Waals surface area (Å²) in [5.74, 6) is 0.454. The molecule has 2 aromatic heterocycles. The quantitative estimate of drug-likeness (QED) is 0.746. The van der Waals surface area contributed by atoms with E-state index in [2.05, 4.69) is 15.1 Å². The van der Waals surface area contributed by atoms with Gasteiger partial charge in [-0.15, -0.1) is 0 Å². The van der Waals surface area contributed by atoms with Gasteiger partial charge in [0.2, 0.25) is 0 Å². The summed E-state index contributed by atoms with van der Waals surface area (Å²) in [7, 11) is 0. The summed E-state index contributed by atoms with van der Waals surface area (Å²) in [5, 5.41) is 4.66. The zero-order chi connectivity index (χ0) is 14.9. The Labute approximate surface area is 127 Å². The number of rotatable bonds is 3. The highest BCUT2D eigenvalue weighted by atomic mass is 19.1. The lowest BCUT2D eigenvalue weighted by atomic mass is 10.2. The molecular weight excluding hydrogens is 279 g/mol. The van der Waals surface area contributed by atoms with E-state index >= 15 is 0 Å². The van der Waals surface area contributed by atoms with Gasteiger partial charge in [0, 0.05) is 29.2 Å². The van der Waals surface area contributed by atoms with E-state index in [0.29, 0.717) is 17.9 Å². The van der Waals surface area contributed by atoms with E-state index in [-0.39, 0.29) is 5.82 Å². The summed E-state index contributed by atoms with van der Waals surface area (Å²) >= 11 is 0. The van der Waals surface area contributed by atoms with Crippen molar-refractivity contribution in [3.8, 4) is 11.5 Å². The molecule has 0 atom stereocenters. The van der Waals surface area contributed by atoms with Crippen LogP contribution >= 0.6 is 0 Å². The summed E-state index contributed by atoms with van der Waals surface area (Å²) in [4.78, 5) is 8.61. The average Bonchev–Trinajstić information content (AvgIpc) is 3.14. The van der Waals surface area contributed by atoms with Crippen molar-refractivity contribution >= 4 is 0 Å². The van der Waals surface area contributed by atoms with Crippen molar-refractivity contribution in [2.75, 3.05) is 0 Å². The van der Waals surface area contributed by atoms with Crippen LogP contribution in [0.5, 0.6) is 0 Å². The Morgan fingerprint density at radius 3 is 2.68 bits per heavy atom. The second-order valence-corrected chi connectivity index (χ2v) is 5.45. The Morgan fingerprint density at radius 1 is 1.05 bits per heavy atom. The van der Waals surface area contributed by atoms with Gasteiger partial charge in [0.05, 0.1) is 6.54 Å². The molecule has 0 saturated heterocycles. The third-order valence-electron chi connectivity index (χ3n) is 4.06. The topological polar surface area (TPSA) is 43.6 Å². The normalized spacial score (nSPS) is 13.3. The maximum Gasteiger partial charge on any atom is 0.180 e. The molecule has 5 heteroatoms. The van der Waals surface area contributed by atoms with Crippen LogP contribution in [0.4, 0.5) is 4.39 Å². The maximum absolute atomic E-state index is 13.9. The highest BCUT2D eigenvalue weighted by molar-refractivity contribution is 5.57. The lowest BCUT2D eigenvalue weighted by Gasteiger charge is -2.06. The molecular formula is C17H15FN4. The minimum absolute atomic E-state index is 0.192. The van der Waals surface area contributed by atoms with Crippen molar-refractivity contribution in [1.82, 2.24) is 19.7 Å². The van der Waals surface area contributed by atoms with Crippen LogP contribution in [0.15, 0.2) is 42.7 Å². The van der Waals surface area contributed by atoms with Crippen LogP contribution in [-0.4, -0.2) is 19.7 Å². The van der Waals surface area contributed by atoms with Gasteiger partial charge in [-0.2, -0.15) is 5.10 Å². The molecule has 2 heterocycles. The van der Waals surface area contributed by atoms with Gasteiger partial charge in [0.1, 0.15) is 11.5 Å². The Kier molecular flexibility index (Phi) is 3.18. The zero-order valence-corrected chi connectivity index (χ0v) is 12.0. The summed E-state index contributed by atoms with van der Waals surface area (Å²) < 4.78 is 15.8. The molecule has 1 aromatic carbocycles. The lowest BCUT2D eigenvalue weighted by Crippen LogP contribution is -2.07. The molecule has 0 unspecified atom stereocenters. The highest BCUT2D eigenvalue weighted by Crippen LogP contribution is 2.30. The lowest BCUT2D eigenvalue weighted by molar-refractivity contribution is 0.576. The van der Waals surface area contributed by atoms with Gasteiger partial charge in [-0.1, -0.05) is 18.2 Å². The number of halogens is 1. The molecule has 4 rings (SSSR count). The number of hydrogen-bond acceptors (Lipinski definition) is 3. The molecule has 0 aliphatic heterocycles. The van der Waals surface area contributed by atoms with E-state index in [9.17, 15) is 4.39 Å². The van der Waals surface area contributed by atoms with Crippen molar-refractivity contribution in [2.24, 2.45) is 0 Å². The maximum atomic E-state index is 13.9. The van der Waals surface area contributed by atoms with Gasteiger partial charge >= 0.3 is 0 Å². The third-order valence-corrected chi connectivity index (χ3v) is 4.06. The first kappa shape index (κ1) is 13.1. The van der Waals surface area contributed by atoms with Crippen LogP contribution in [0.1, 0.15) is 23.2 Å². The Morgan fingerprint density at radius 2 is 1.86 bits per heavy atom. The molecule has 1 aliphatic rings. The third kappa shape index (κ3) is 2.19.